The number of hydrogen-bond donors (Lipinski definition) is 1. The van der Waals surface area contributed by atoms with Crippen molar-refractivity contribution in [2.45, 2.75) is 6.54 Å². The zero-order valence-electron chi connectivity index (χ0n) is 15.2. The van der Waals surface area contributed by atoms with Crippen molar-refractivity contribution in [1.82, 2.24) is 25.3 Å². The van der Waals surface area contributed by atoms with E-state index in [0.29, 0.717) is 28.5 Å². The van der Waals surface area contributed by atoms with Crippen LogP contribution in [0.5, 0.6) is 17.2 Å². The van der Waals surface area contributed by atoms with E-state index >= 15 is 0 Å². The van der Waals surface area contributed by atoms with Gasteiger partial charge in [0.1, 0.15) is 5.69 Å². The van der Waals surface area contributed by atoms with Gasteiger partial charge in [0.05, 0.1) is 46.0 Å². The third-order valence-corrected chi connectivity index (χ3v) is 3.81. The van der Waals surface area contributed by atoms with E-state index in [-0.39, 0.29) is 12.5 Å². The molecule has 2 aromatic heterocycles. The van der Waals surface area contributed by atoms with Crippen molar-refractivity contribution in [2.75, 3.05) is 21.3 Å². The highest BCUT2D eigenvalue weighted by Crippen LogP contribution is 2.38. The molecule has 0 aliphatic carbocycles. The standard InChI is InChI=1S/C18H19N5O4/c1-25-15-7-12(8-16(26-2)17(15)27-3)18(24)20-9-13-11-23(22-21-13)14-5-4-6-19-10-14/h4-8,10-11H,9H2,1-3H3,(H,20,24). The zero-order chi connectivity index (χ0) is 19.2. The predicted molar refractivity (Wildman–Crippen MR) is 96.4 cm³/mol. The van der Waals surface area contributed by atoms with Crippen LogP contribution >= 0.6 is 0 Å². The van der Waals surface area contributed by atoms with Crippen LogP contribution < -0.4 is 19.5 Å². The average Bonchev–Trinajstić information content (AvgIpc) is 3.20. The van der Waals surface area contributed by atoms with E-state index in [1.807, 2.05) is 12.1 Å². The molecule has 0 radical (unpaired) electrons. The van der Waals surface area contributed by atoms with Crippen LogP contribution in [0.3, 0.4) is 0 Å². The Morgan fingerprint density at radius 3 is 2.48 bits per heavy atom. The number of pyridine rings is 1. The van der Waals surface area contributed by atoms with Gasteiger partial charge in [0, 0.05) is 11.8 Å². The lowest BCUT2D eigenvalue weighted by Crippen LogP contribution is -2.23. The van der Waals surface area contributed by atoms with Gasteiger partial charge in [-0.3, -0.25) is 9.78 Å². The Labute approximate surface area is 155 Å². The van der Waals surface area contributed by atoms with Crippen molar-refractivity contribution in [3.8, 4) is 22.9 Å². The van der Waals surface area contributed by atoms with Crippen molar-refractivity contribution < 1.29 is 19.0 Å². The molecule has 0 spiro atoms. The molecule has 27 heavy (non-hydrogen) atoms. The number of aromatic nitrogens is 4. The maximum absolute atomic E-state index is 12.5. The zero-order valence-corrected chi connectivity index (χ0v) is 15.2. The molecule has 1 aromatic carbocycles. The van der Waals surface area contributed by atoms with Crippen LogP contribution in [0.4, 0.5) is 0 Å². The second-order valence-corrected chi connectivity index (χ2v) is 5.46. The molecular weight excluding hydrogens is 350 g/mol. The van der Waals surface area contributed by atoms with Crippen LogP contribution in [0.25, 0.3) is 5.69 Å². The van der Waals surface area contributed by atoms with Gasteiger partial charge in [-0.25, -0.2) is 4.68 Å². The van der Waals surface area contributed by atoms with Gasteiger partial charge in [-0.15, -0.1) is 5.10 Å². The second kappa shape index (κ2) is 8.17. The Kier molecular flexibility index (Phi) is 5.50. The molecule has 0 fully saturated rings. The van der Waals surface area contributed by atoms with Gasteiger partial charge >= 0.3 is 0 Å². The Bertz CT molecular complexity index is 902. The van der Waals surface area contributed by atoms with Gasteiger partial charge < -0.3 is 19.5 Å². The Hall–Kier alpha value is -3.62. The van der Waals surface area contributed by atoms with E-state index in [9.17, 15) is 4.79 Å². The fourth-order valence-electron chi connectivity index (χ4n) is 2.48. The number of hydrogen-bond acceptors (Lipinski definition) is 7. The van der Waals surface area contributed by atoms with Gasteiger partial charge in [-0.05, 0) is 24.3 Å². The summed E-state index contributed by atoms with van der Waals surface area (Å²) in [5.74, 6) is 0.940. The molecule has 0 unspecified atom stereocenters. The molecule has 3 rings (SSSR count). The fourth-order valence-corrected chi connectivity index (χ4v) is 2.48. The monoisotopic (exact) mass is 369 g/mol. The minimum atomic E-state index is -0.301. The van der Waals surface area contributed by atoms with E-state index in [4.69, 9.17) is 14.2 Å². The van der Waals surface area contributed by atoms with E-state index in [1.54, 1.807) is 35.4 Å². The van der Waals surface area contributed by atoms with Crippen LogP contribution in [0.1, 0.15) is 16.1 Å². The van der Waals surface area contributed by atoms with E-state index in [0.717, 1.165) is 5.69 Å². The molecule has 2 heterocycles. The number of carbonyl (C=O) groups excluding carboxylic acids is 1. The molecule has 9 heteroatoms. The number of nitrogens with zero attached hydrogens (tertiary/aromatic N) is 4. The first-order valence-corrected chi connectivity index (χ1v) is 8.06. The number of rotatable bonds is 7. The smallest absolute Gasteiger partial charge is 0.251 e. The minimum absolute atomic E-state index is 0.218. The fraction of sp³-hybridized carbons (Fsp3) is 0.222. The molecule has 9 nitrogen and oxygen atoms in total. The number of benzene rings is 1. The number of ether oxygens (including phenoxy) is 3. The first-order valence-electron chi connectivity index (χ1n) is 8.06. The summed E-state index contributed by atoms with van der Waals surface area (Å²) in [7, 11) is 4.50. The van der Waals surface area contributed by atoms with Crippen molar-refractivity contribution in [3.63, 3.8) is 0 Å². The largest absolute Gasteiger partial charge is 0.493 e. The normalized spacial score (nSPS) is 10.3. The maximum Gasteiger partial charge on any atom is 0.251 e. The SMILES string of the molecule is COc1cc(C(=O)NCc2cn(-c3cccnc3)nn2)cc(OC)c1OC. The average molecular weight is 369 g/mol. The molecule has 0 aliphatic rings. The van der Waals surface area contributed by atoms with Crippen LogP contribution in [0, 0.1) is 0 Å². The molecule has 0 saturated carbocycles. The molecule has 0 bridgehead atoms. The summed E-state index contributed by atoms with van der Waals surface area (Å²) in [5.41, 5.74) is 1.77. The molecule has 0 atom stereocenters. The molecule has 1 N–H and O–H groups in total. The van der Waals surface area contributed by atoms with Gasteiger partial charge in [0.2, 0.25) is 5.75 Å². The quantitative estimate of drug-likeness (QED) is 0.675. The molecular formula is C18H19N5O4. The Morgan fingerprint density at radius 2 is 1.89 bits per heavy atom. The number of methoxy groups -OCH3 is 3. The Morgan fingerprint density at radius 1 is 1.15 bits per heavy atom. The van der Waals surface area contributed by atoms with E-state index in [1.165, 1.54) is 21.3 Å². The highest BCUT2D eigenvalue weighted by molar-refractivity contribution is 5.95. The van der Waals surface area contributed by atoms with Crippen LogP contribution in [-0.4, -0.2) is 47.2 Å². The number of carbonyl (C=O) groups is 1. The predicted octanol–water partition coefficient (Wildman–Crippen LogP) is 1.62. The molecule has 0 saturated heterocycles. The molecule has 0 aliphatic heterocycles. The minimum Gasteiger partial charge on any atom is -0.493 e. The van der Waals surface area contributed by atoms with Gasteiger partial charge in [0.25, 0.3) is 5.91 Å². The lowest BCUT2D eigenvalue weighted by Gasteiger charge is -2.13. The first kappa shape index (κ1) is 18.2. The highest BCUT2D eigenvalue weighted by Gasteiger charge is 2.17. The second-order valence-electron chi connectivity index (χ2n) is 5.46. The summed E-state index contributed by atoms with van der Waals surface area (Å²) in [6, 6.07) is 6.84. The van der Waals surface area contributed by atoms with E-state index in [2.05, 4.69) is 20.6 Å². The molecule has 1 amide bonds. The topological polar surface area (TPSA) is 100 Å². The Balaban J connectivity index is 1.72. The van der Waals surface area contributed by atoms with Crippen molar-refractivity contribution in [2.24, 2.45) is 0 Å². The van der Waals surface area contributed by atoms with Gasteiger partial charge in [0.15, 0.2) is 11.5 Å². The van der Waals surface area contributed by atoms with Crippen LogP contribution in [0.15, 0.2) is 42.9 Å². The third-order valence-electron chi connectivity index (χ3n) is 3.81. The van der Waals surface area contributed by atoms with Crippen molar-refractivity contribution in [3.05, 3.63) is 54.1 Å². The van der Waals surface area contributed by atoms with Gasteiger partial charge in [-0.1, -0.05) is 5.21 Å². The van der Waals surface area contributed by atoms with Crippen LogP contribution in [0.2, 0.25) is 0 Å². The summed E-state index contributed by atoms with van der Waals surface area (Å²) in [4.78, 5) is 16.5. The number of amides is 1. The van der Waals surface area contributed by atoms with Crippen molar-refractivity contribution in [1.29, 1.82) is 0 Å². The number of nitrogens with one attached hydrogen (secondary N) is 1. The van der Waals surface area contributed by atoms with Gasteiger partial charge in [-0.2, -0.15) is 0 Å². The van der Waals surface area contributed by atoms with Crippen LogP contribution in [-0.2, 0) is 6.54 Å². The summed E-state index contributed by atoms with van der Waals surface area (Å²) < 4.78 is 17.4. The lowest BCUT2D eigenvalue weighted by molar-refractivity contribution is 0.0949. The summed E-state index contributed by atoms with van der Waals surface area (Å²) in [6.45, 7) is 0.218. The highest BCUT2D eigenvalue weighted by atomic mass is 16.5. The maximum atomic E-state index is 12.5. The third kappa shape index (κ3) is 3.97. The summed E-state index contributed by atoms with van der Waals surface area (Å²) >= 11 is 0. The first-order chi connectivity index (χ1) is 13.2. The summed E-state index contributed by atoms with van der Waals surface area (Å²) in [6.07, 6.45) is 5.08. The lowest BCUT2D eigenvalue weighted by atomic mass is 10.1. The molecule has 3 aromatic rings. The van der Waals surface area contributed by atoms with Crippen molar-refractivity contribution >= 4 is 5.91 Å². The van der Waals surface area contributed by atoms with E-state index < -0.39 is 0 Å². The summed E-state index contributed by atoms with van der Waals surface area (Å²) in [5, 5.41) is 10.9. The molecule has 140 valence electrons.